The monoisotopic (exact) mass is 316 g/mol. The number of aryl methyl sites for hydroxylation is 1. The Morgan fingerprint density at radius 2 is 1.96 bits per heavy atom. The number of hydrogen-bond donors (Lipinski definition) is 1. The molecule has 2 heterocycles. The van der Waals surface area contributed by atoms with E-state index < -0.39 is 5.91 Å². The first-order chi connectivity index (χ1) is 11.1. The third-order valence-electron chi connectivity index (χ3n) is 5.07. The Bertz CT molecular complexity index is 611. The summed E-state index contributed by atoms with van der Waals surface area (Å²) in [5.41, 5.74) is 6.28. The molecule has 23 heavy (non-hydrogen) atoms. The first kappa shape index (κ1) is 15.9. The number of amides is 2. The number of primary amides is 1. The molecule has 2 N–H and O–H groups in total. The average Bonchev–Trinajstić information content (AvgIpc) is 3.08. The Labute approximate surface area is 136 Å². The lowest BCUT2D eigenvalue weighted by molar-refractivity contribution is -0.136. The van der Waals surface area contributed by atoms with Crippen molar-refractivity contribution in [2.75, 3.05) is 13.1 Å². The fraction of sp³-hybridized carbons (Fsp3) is 0.647. The highest BCUT2D eigenvalue weighted by atomic mass is 16.2. The molecule has 1 saturated heterocycles. The van der Waals surface area contributed by atoms with Crippen molar-refractivity contribution in [3.05, 3.63) is 23.3 Å². The minimum absolute atomic E-state index is 0.148. The number of nitrogens with two attached hydrogens (primary N) is 1. The van der Waals surface area contributed by atoms with Gasteiger partial charge in [-0.2, -0.15) is 0 Å². The number of rotatable bonds is 3. The van der Waals surface area contributed by atoms with Crippen LogP contribution in [0.3, 0.4) is 0 Å². The third kappa shape index (κ3) is 3.35. The Hall–Kier alpha value is -1.98. The van der Waals surface area contributed by atoms with Crippen molar-refractivity contribution >= 4 is 11.8 Å². The summed E-state index contributed by atoms with van der Waals surface area (Å²) in [4.78, 5) is 34.7. The molecule has 0 aromatic carbocycles. The minimum Gasteiger partial charge on any atom is -0.365 e. The number of piperidine rings is 1. The van der Waals surface area contributed by atoms with Crippen LogP contribution in [0, 0.1) is 12.8 Å². The summed E-state index contributed by atoms with van der Waals surface area (Å²) in [5, 5.41) is 0. The summed E-state index contributed by atoms with van der Waals surface area (Å²) in [6.07, 6.45) is 7.87. The summed E-state index contributed by atoms with van der Waals surface area (Å²) < 4.78 is 0. The highest BCUT2D eigenvalue weighted by Gasteiger charge is 2.32. The molecule has 1 aromatic heterocycles. The van der Waals surface area contributed by atoms with Crippen LogP contribution in [0.5, 0.6) is 0 Å². The van der Waals surface area contributed by atoms with Gasteiger partial charge in [0.05, 0.1) is 11.3 Å². The first-order valence-electron chi connectivity index (χ1n) is 8.48. The fourth-order valence-electron chi connectivity index (χ4n) is 3.74. The van der Waals surface area contributed by atoms with Gasteiger partial charge in [0.1, 0.15) is 5.82 Å². The van der Waals surface area contributed by atoms with E-state index in [4.69, 9.17) is 5.73 Å². The molecule has 0 radical (unpaired) electrons. The quantitative estimate of drug-likeness (QED) is 0.920. The zero-order valence-corrected chi connectivity index (χ0v) is 13.6. The Balaban J connectivity index is 1.72. The van der Waals surface area contributed by atoms with Crippen LogP contribution in [0.1, 0.15) is 66.3 Å². The van der Waals surface area contributed by atoms with E-state index in [1.54, 1.807) is 6.92 Å². The lowest BCUT2D eigenvalue weighted by Gasteiger charge is -2.33. The van der Waals surface area contributed by atoms with Crippen LogP contribution in [0.4, 0.5) is 0 Å². The molecular weight excluding hydrogens is 292 g/mol. The van der Waals surface area contributed by atoms with Crippen LogP contribution in [0.2, 0.25) is 0 Å². The summed E-state index contributed by atoms with van der Waals surface area (Å²) in [6.45, 7) is 3.30. The molecular formula is C17H24N4O2. The first-order valence-corrected chi connectivity index (χ1v) is 8.48. The van der Waals surface area contributed by atoms with Crippen molar-refractivity contribution < 1.29 is 9.59 Å². The van der Waals surface area contributed by atoms with Crippen LogP contribution < -0.4 is 5.73 Å². The molecule has 1 unspecified atom stereocenters. The van der Waals surface area contributed by atoms with Gasteiger partial charge in [0, 0.05) is 31.1 Å². The molecule has 6 nitrogen and oxygen atoms in total. The zero-order valence-electron chi connectivity index (χ0n) is 13.6. The maximum Gasteiger partial charge on any atom is 0.252 e. The minimum atomic E-state index is -0.504. The van der Waals surface area contributed by atoms with E-state index in [0.29, 0.717) is 23.7 Å². The Kier molecular flexibility index (Phi) is 4.59. The second-order valence-corrected chi connectivity index (χ2v) is 6.70. The summed E-state index contributed by atoms with van der Waals surface area (Å²) in [7, 11) is 0. The molecule has 3 rings (SSSR count). The van der Waals surface area contributed by atoms with Crippen LogP contribution in [-0.4, -0.2) is 39.8 Å². The molecule has 0 bridgehead atoms. The van der Waals surface area contributed by atoms with Gasteiger partial charge < -0.3 is 10.6 Å². The molecule has 2 aliphatic rings. The Morgan fingerprint density at radius 1 is 1.22 bits per heavy atom. The smallest absolute Gasteiger partial charge is 0.252 e. The number of carbonyl (C=O) groups is 2. The standard InChI is InChI=1S/C17H24N4O2/c1-11-14(15(18)22)9-19-16(20-11)13-7-4-8-21(10-13)17(23)12-5-2-3-6-12/h9,12-13H,2-8,10H2,1H3,(H2,18,22). The molecule has 2 amide bonds. The van der Waals surface area contributed by atoms with Gasteiger partial charge >= 0.3 is 0 Å². The lowest BCUT2D eigenvalue weighted by atomic mass is 9.95. The van der Waals surface area contributed by atoms with Gasteiger partial charge in [-0.15, -0.1) is 0 Å². The predicted molar refractivity (Wildman–Crippen MR) is 85.8 cm³/mol. The highest BCUT2D eigenvalue weighted by Crippen LogP contribution is 2.30. The topological polar surface area (TPSA) is 89.2 Å². The van der Waals surface area contributed by atoms with E-state index in [2.05, 4.69) is 9.97 Å². The second-order valence-electron chi connectivity index (χ2n) is 6.70. The number of aromatic nitrogens is 2. The van der Waals surface area contributed by atoms with Gasteiger partial charge in [-0.3, -0.25) is 9.59 Å². The largest absolute Gasteiger partial charge is 0.365 e. The van der Waals surface area contributed by atoms with Gasteiger partial charge in [0.25, 0.3) is 5.91 Å². The zero-order chi connectivity index (χ0) is 16.4. The van der Waals surface area contributed by atoms with Gasteiger partial charge in [0.2, 0.25) is 5.91 Å². The van der Waals surface area contributed by atoms with E-state index in [0.717, 1.165) is 38.1 Å². The molecule has 1 atom stereocenters. The van der Waals surface area contributed by atoms with Crippen LogP contribution in [-0.2, 0) is 4.79 Å². The van der Waals surface area contributed by atoms with Crippen LogP contribution >= 0.6 is 0 Å². The molecule has 2 fully saturated rings. The van der Waals surface area contributed by atoms with Crippen LogP contribution in [0.15, 0.2) is 6.20 Å². The van der Waals surface area contributed by atoms with Gasteiger partial charge in [0.15, 0.2) is 0 Å². The molecule has 1 aliphatic carbocycles. The van der Waals surface area contributed by atoms with Gasteiger partial charge in [-0.05, 0) is 32.6 Å². The lowest BCUT2D eigenvalue weighted by Crippen LogP contribution is -2.42. The average molecular weight is 316 g/mol. The third-order valence-corrected chi connectivity index (χ3v) is 5.07. The number of hydrogen-bond acceptors (Lipinski definition) is 4. The number of carbonyl (C=O) groups excluding carboxylic acids is 2. The summed E-state index contributed by atoms with van der Waals surface area (Å²) in [6, 6.07) is 0. The van der Waals surface area contributed by atoms with Crippen LogP contribution in [0.25, 0.3) is 0 Å². The molecule has 1 saturated carbocycles. The molecule has 124 valence electrons. The fourth-order valence-corrected chi connectivity index (χ4v) is 3.74. The summed E-state index contributed by atoms with van der Waals surface area (Å²) >= 11 is 0. The van der Waals surface area contributed by atoms with Crippen molar-refractivity contribution in [3.8, 4) is 0 Å². The predicted octanol–water partition coefficient (Wildman–Crippen LogP) is 1.78. The van der Waals surface area contributed by atoms with E-state index in [9.17, 15) is 9.59 Å². The normalized spacial score (nSPS) is 22.3. The second kappa shape index (κ2) is 6.64. The molecule has 0 spiro atoms. The van der Waals surface area contributed by atoms with Crippen molar-refractivity contribution in [3.63, 3.8) is 0 Å². The number of nitrogens with zero attached hydrogens (tertiary/aromatic N) is 3. The molecule has 1 aromatic rings. The summed E-state index contributed by atoms with van der Waals surface area (Å²) in [5.74, 6) is 0.883. The maximum absolute atomic E-state index is 12.6. The van der Waals surface area contributed by atoms with Gasteiger partial charge in [-0.25, -0.2) is 9.97 Å². The van der Waals surface area contributed by atoms with E-state index in [1.165, 1.54) is 19.0 Å². The van der Waals surface area contributed by atoms with Crippen molar-refractivity contribution in [1.29, 1.82) is 0 Å². The number of likely N-dealkylation sites (tertiary alicyclic amines) is 1. The van der Waals surface area contributed by atoms with Crippen molar-refractivity contribution in [2.45, 2.75) is 51.4 Å². The van der Waals surface area contributed by atoms with Gasteiger partial charge in [-0.1, -0.05) is 12.8 Å². The maximum atomic E-state index is 12.6. The SMILES string of the molecule is Cc1nc(C2CCCN(C(=O)C3CCCC3)C2)ncc1C(N)=O. The van der Waals surface area contributed by atoms with E-state index >= 15 is 0 Å². The van der Waals surface area contributed by atoms with E-state index in [-0.39, 0.29) is 11.8 Å². The molecule has 1 aliphatic heterocycles. The highest BCUT2D eigenvalue weighted by molar-refractivity contribution is 5.93. The van der Waals surface area contributed by atoms with Crippen molar-refractivity contribution in [1.82, 2.24) is 14.9 Å². The Morgan fingerprint density at radius 3 is 2.61 bits per heavy atom. The van der Waals surface area contributed by atoms with Crippen molar-refractivity contribution in [2.24, 2.45) is 11.7 Å². The van der Waals surface area contributed by atoms with E-state index in [1.807, 2.05) is 4.90 Å². The molecule has 6 heteroatoms.